The zero-order chi connectivity index (χ0) is 44.5. The monoisotopic (exact) mass is 872 g/mol. The maximum Gasteiger partial charge on any atom is 0.220 e. The first-order valence-corrected chi connectivity index (χ1v) is 22.7. The minimum absolute atomic E-state index is 0.846. The molecule has 318 valence electrons. The first-order valence-electron chi connectivity index (χ1n) is 22.7. The van der Waals surface area contributed by atoms with Crippen molar-refractivity contribution in [2.45, 2.75) is 0 Å². The fourth-order valence-electron chi connectivity index (χ4n) is 10.4. The maximum atomic E-state index is 5.44. The third-order valence-corrected chi connectivity index (χ3v) is 13.4. The SMILES string of the molecule is c1ccc(-n2c(-c3ccc(-n4c5ccccc5n5c6ccccc6nc45)cc3)nc3cc4c(cc32)nc(-c2ccc(-n3c5ccccc5n5c6ccccc6nc35)cc2)n4-c2ccccc2)cc1. The van der Waals surface area contributed by atoms with E-state index in [1.54, 1.807) is 0 Å². The zero-order valence-electron chi connectivity index (χ0n) is 36.3. The van der Waals surface area contributed by atoms with Crippen molar-refractivity contribution >= 4 is 77.8 Å². The van der Waals surface area contributed by atoms with E-state index < -0.39 is 0 Å². The summed E-state index contributed by atoms with van der Waals surface area (Å²) in [5.74, 6) is 3.45. The van der Waals surface area contributed by atoms with Gasteiger partial charge in [-0.2, -0.15) is 0 Å². The van der Waals surface area contributed by atoms with Gasteiger partial charge in [-0.05, 0) is 133 Å². The third kappa shape index (κ3) is 5.22. The summed E-state index contributed by atoms with van der Waals surface area (Å²) in [5, 5.41) is 0. The highest BCUT2D eigenvalue weighted by Gasteiger charge is 2.23. The Bertz CT molecular complexity index is 4180. The quantitative estimate of drug-likeness (QED) is 0.167. The van der Waals surface area contributed by atoms with Crippen LogP contribution >= 0.6 is 0 Å². The molecule has 10 nitrogen and oxygen atoms in total. The van der Waals surface area contributed by atoms with Gasteiger partial charge in [0, 0.05) is 33.9 Å². The molecule has 0 saturated heterocycles. The highest BCUT2D eigenvalue weighted by atomic mass is 15.2. The Morgan fingerprint density at radius 1 is 0.235 bits per heavy atom. The second kappa shape index (κ2) is 14.0. The number of para-hydroxylation sites is 10. The highest BCUT2D eigenvalue weighted by molar-refractivity contribution is 5.98. The van der Waals surface area contributed by atoms with E-state index >= 15 is 0 Å². The van der Waals surface area contributed by atoms with E-state index in [-0.39, 0.29) is 0 Å². The summed E-state index contributed by atoms with van der Waals surface area (Å²) in [5.41, 5.74) is 18.3. The lowest BCUT2D eigenvalue weighted by Gasteiger charge is -2.11. The molecule has 0 saturated carbocycles. The summed E-state index contributed by atoms with van der Waals surface area (Å²) in [6, 6.07) is 76.3. The van der Waals surface area contributed by atoms with Crippen molar-refractivity contribution in [3.05, 3.63) is 218 Å². The van der Waals surface area contributed by atoms with E-state index in [1.165, 1.54) is 0 Å². The molecule has 0 atom stereocenters. The predicted octanol–water partition coefficient (Wildman–Crippen LogP) is 13.2. The van der Waals surface area contributed by atoms with Gasteiger partial charge in [-0.3, -0.25) is 27.1 Å². The van der Waals surface area contributed by atoms with Crippen LogP contribution in [0.1, 0.15) is 0 Å². The van der Waals surface area contributed by atoms with Gasteiger partial charge in [0.1, 0.15) is 11.6 Å². The van der Waals surface area contributed by atoms with Crippen LogP contribution in [0.4, 0.5) is 0 Å². The summed E-state index contributed by atoms with van der Waals surface area (Å²) in [4.78, 5) is 21.1. The molecule has 0 aliphatic carbocycles. The van der Waals surface area contributed by atoms with E-state index in [4.69, 9.17) is 19.9 Å². The van der Waals surface area contributed by atoms with Gasteiger partial charge < -0.3 is 0 Å². The molecule has 0 radical (unpaired) electrons. The molecule has 15 rings (SSSR count). The second-order valence-electron chi connectivity index (χ2n) is 17.3. The fraction of sp³-hybridized carbons (Fsp3) is 0. The molecular formula is C58H36N10. The van der Waals surface area contributed by atoms with Crippen LogP contribution in [0.15, 0.2) is 218 Å². The van der Waals surface area contributed by atoms with Crippen molar-refractivity contribution in [3.63, 3.8) is 0 Å². The topological polar surface area (TPSA) is 80.1 Å². The molecule has 0 N–H and O–H groups in total. The number of hydrogen-bond donors (Lipinski definition) is 0. The Hall–Kier alpha value is -9.54. The fourth-order valence-corrected chi connectivity index (χ4v) is 10.4. The van der Waals surface area contributed by atoms with Gasteiger partial charge in [0.15, 0.2) is 0 Å². The van der Waals surface area contributed by atoms with Crippen LogP contribution in [0.25, 0.3) is 123 Å². The lowest BCUT2D eigenvalue weighted by molar-refractivity contribution is 1.09. The Labute approximate surface area is 387 Å². The van der Waals surface area contributed by atoms with Gasteiger partial charge in [-0.15, -0.1) is 0 Å². The Morgan fingerprint density at radius 2 is 0.574 bits per heavy atom. The van der Waals surface area contributed by atoms with Crippen LogP contribution < -0.4 is 0 Å². The first-order chi connectivity index (χ1) is 33.7. The normalized spacial score (nSPS) is 12.1. The van der Waals surface area contributed by atoms with Crippen LogP contribution in [0.2, 0.25) is 0 Å². The Morgan fingerprint density at radius 3 is 0.985 bits per heavy atom. The number of fused-ring (bicyclic) bond motifs is 12. The molecule has 0 unspecified atom stereocenters. The van der Waals surface area contributed by atoms with Crippen molar-refractivity contribution in [3.8, 4) is 45.5 Å². The summed E-state index contributed by atoms with van der Waals surface area (Å²) in [6.45, 7) is 0. The molecular weight excluding hydrogens is 837 g/mol. The zero-order valence-corrected chi connectivity index (χ0v) is 36.3. The second-order valence-corrected chi connectivity index (χ2v) is 17.3. The average molecular weight is 873 g/mol. The minimum atomic E-state index is 0.846. The van der Waals surface area contributed by atoms with Crippen molar-refractivity contribution in [2.75, 3.05) is 0 Å². The van der Waals surface area contributed by atoms with E-state index in [0.717, 1.165) is 123 Å². The van der Waals surface area contributed by atoms with Crippen LogP contribution in [0.5, 0.6) is 0 Å². The van der Waals surface area contributed by atoms with Crippen LogP contribution in [-0.4, -0.2) is 47.0 Å². The summed E-state index contributed by atoms with van der Waals surface area (Å²) in [6.07, 6.45) is 0. The standard InChI is InChI=1S/C58H36N10/c1-3-15-39(16-4-1)63-53-35-46-54(36-45(53)59-55(63)37-27-31-41(32-28-37)65-49-23-11-13-25-51(49)67-47-21-9-7-19-43(47)61-57(65)67)64(40-17-5-2-6-18-40)56(60-46)38-29-33-42(34-30-38)66-50-24-12-14-26-52(50)68-48-22-10-8-20-44(48)62-58(66)68/h1-36H. The number of nitrogens with zero attached hydrogens (tertiary/aromatic N) is 10. The molecule has 10 heteroatoms. The van der Waals surface area contributed by atoms with E-state index in [0.29, 0.717) is 0 Å². The summed E-state index contributed by atoms with van der Waals surface area (Å²) >= 11 is 0. The number of imidazole rings is 6. The molecule has 0 fully saturated rings. The van der Waals surface area contributed by atoms with Gasteiger partial charge in [0.05, 0.1) is 66.2 Å². The Balaban J connectivity index is 0.882. The van der Waals surface area contributed by atoms with Crippen molar-refractivity contribution in [2.24, 2.45) is 0 Å². The molecule has 0 aliphatic heterocycles. The highest BCUT2D eigenvalue weighted by Crippen LogP contribution is 2.37. The lowest BCUT2D eigenvalue weighted by atomic mass is 10.1. The molecule has 68 heavy (non-hydrogen) atoms. The van der Waals surface area contributed by atoms with E-state index in [9.17, 15) is 0 Å². The molecule has 0 spiro atoms. The van der Waals surface area contributed by atoms with Crippen LogP contribution in [0, 0.1) is 0 Å². The number of aromatic nitrogens is 10. The molecule has 0 aliphatic rings. The molecule has 0 amide bonds. The molecule has 0 bridgehead atoms. The average Bonchev–Trinajstić information content (AvgIpc) is 4.25. The maximum absolute atomic E-state index is 5.44. The number of rotatable bonds is 6. The van der Waals surface area contributed by atoms with Crippen LogP contribution in [-0.2, 0) is 0 Å². The first kappa shape index (κ1) is 36.8. The van der Waals surface area contributed by atoms with Crippen molar-refractivity contribution < 1.29 is 0 Å². The van der Waals surface area contributed by atoms with Crippen molar-refractivity contribution in [1.82, 2.24) is 47.0 Å². The number of benzene rings is 9. The lowest BCUT2D eigenvalue weighted by Crippen LogP contribution is -1.99. The van der Waals surface area contributed by atoms with E-state index in [1.807, 2.05) is 24.3 Å². The van der Waals surface area contributed by atoms with Gasteiger partial charge in [-0.25, -0.2) is 19.9 Å². The van der Waals surface area contributed by atoms with Gasteiger partial charge in [0.25, 0.3) is 0 Å². The third-order valence-electron chi connectivity index (χ3n) is 13.4. The van der Waals surface area contributed by atoms with Gasteiger partial charge in [0.2, 0.25) is 11.6 Å². The minimum Gasteiger partial charge on any atom is -0.292 e. The summed E-state index contributed by atoms with van der Waals surface area (Å²) in [7, 11) is 0. The molecule has 6 heterocycles. The predicted molar refractivity (Wildman–Crippen MR) is 273 cm³/mol. The van der Waals surface area contributed by atoms with Crippen LogP contribution in [0.3, 0.4) is 0 Å². The molecule has 15 aromatic rings. The molecule has 6 aromatic heterocycles. The summed E-state index contributed by atoms with van der Waals surface area (Å²) < 4.78 is 13.5. The van der Waals surface area contributed by atoms with Crippen molar-refractivity contribution in [1.29, 1.82) is 0 Å². The van der Waals surface area contributed by atoms with Gasteiger partial charge in [-0.1, -0.05) is 84.9 Å². The smallest absolute Gasteiger partial charge is 0.220 e. The van der Waals surface area contributed by atoms with E-state index in [2.05, 4.69) is 221 Å². The Kier molecular flexibility index (Phi) is 7.56. The molecule has 9 aromatic carbocycles. The number of hydrogen-bond acceptors (Lipinski definition) is 4. The van der Waals surface area contributed by atoms with Gasteiger partial charge >= 0.3 is 0 Å². The largest absolute Gasteiger partial charge is 0.292 e.